The van der Waals surface area contributed by atoms with E-state index < -0.39 is 0 Å². The molecule has 2 aromatic heterocycles. The standard InChI is InChI=1S/C12H13BrN2O2S/c1-3-4-15-11(9(13)6-14-15)12(16)10-5-8(17-2)7-18-10/h5-7H,3-4H2,1-2H3. The Morgan fingerprint density at radius 2 is 2.39 bits per heavy atom. The zero-order valence-corrected chi connectivity index (χ0v) is 12.5. The summed E-state index contributed by atoms with van der Waals surface area (Å²) >= 11 is 4.76. The molecule has 2 heterocycles. The van der Waals surface area contributed by atoms with Crippen LogP contribution in [-0.4, -0.2) is 22.7 Å². The SMILES string of the molecule is CCCn1ncc(Br)c1C(=O)c1cc(OC)cs1. The second kappa shape index (κ2) is 5.67. The number of halogens is 1. The van der Waals surface area contributed by atoms with Crippen LogP contribution in [0.2, 0.25) is 0 Å². The van der Waals surface area contributed by atoms with Gasteiger partial charge in [-0.15, -0.1) is 11.3 Å². The minimum atomic E-state index is -0.0267. The number of ether oxygens (including phenoxy) is 1. The molecule has 4 nitrogen and oxygen atoms in total. The van der Waals surface area contributed by atoms with Gasteiger partial charge in [0.25, 0.3) is 0 Å². The first-order valence-corrected chi connectivity index (χ1v) is 7.23. The Balaban J connectivity index is 2.35. The van der Waals surface area contributed by atoms with Crippen molar-refractivity contribution < 1.29 is 9.53 Å². The van der Waals surface area contributed by atoms with Crippen molar-refractivity contribution in [2.45, 2.75) is 19.9 Å². The third-order valence-electron chi connectivity index (χ3n) is 2.48. The van der Waals surface area contributed by atoms with E-state index in [1.54, 1.807) is 24.1 Å². The first kappa shape index (κ1) is 13.3. The maximum absolute atomic E-state index is 12.4. The summed E-state index contributed by atoms with van der Waals surface area (Å²) in [7, 11) is 1.59. The predicted octanol–water partition coefficient (Wildman–Crippen LogP) is 3.36. The first-order valence-electron chi connectivity index (χ1n) is 5.56. The molecule has 0 aliphatic rings. The molecule has 6 heteroatoms. The Kier molecular flexibility index (Phi) is 4.19. The van der Waals surface area contributed by atoms with Gasteiger partial charge in [-0.05, 0) is 22.4 Å². The number of ketones is 1. The van der Waals surface area contributed by atoms with Gasteiger partial charge in [-0.2, -0.15) is 5.10 Å². The van der Waals surface area contributed by atoms with Crippen molar-refractivity contribution in [1.29, 1.82) is 0 Å². The number of aromatic nitrogens is 2. The molecule has 0 aliphatic carbocycles. The van der Waals surface area contributed by atoms with Crippen molar-refractivity contribution in [3.63, 3.8) is 0 Å². The minimum absolute atomic E-state index is 0.0267. The smallest absolute Gasteiger partial charge is 0.222 e. The Hall–Kier alpha value is -1.14. The first-order chi connectivity index (χ1) is 8.67. The summed E-state index contributed by atoms with van der Waals surface area (Å²) in [6.07, 6.45) is 2.59. The predicted molar refractivity (Wildman–Crippen MR) is 74.5 cm³/mol. The van der Waals surface area contributed by atoms with Crippen LogP contribution in [0.5, 0.6) is 5.75 Å². The van der Waals surface area contributed by atoms with Crippen molar-refractivity contribution in [1.82, 2.24) is 9.78 Å². The van der Waals surface area contributed by atoms with Crippen LogP contribution in [-0.2, 0) is 6.54 Å². The Morgan fingerprint density at radius 3 is 3.00 bits per heavy atom. The van der Waals surface area contributed by atoms with Crippen molar-refractivity contribution >= 4 is 33.0 Å². The van der Waals surface area contributed by atoms with E-state index in [4.69, 9.17) is 4.74 Å². The second-order valence-corrected chi connectivity index (χ2v) is 5.51. The van der Waals surface area contributed by atoms with E-state index in [1.807, 2.05) is 5.38 Å². The van der Waals surface area contributed by atoms with Crippen molar-refractivity contribution in [2.75, 3.05) is 7.11 Å². The van der Waals surface area contributed by atoms with Crippen LogP contribution in [0.25, 0.3) is 0 Å². The number of hydrogen-bond acceptors (Lipinski definition) is 4. The van der Waals surface area contributed by atoms with Crippen LogP contribution in [0.4, 0.5) is 0 Å². The molecule has 0 spiro atoms. The summed E-state index contributed by atoms with van der Waals surface area (Å²) in [5.74, 6) is 0.683. The van der Waals surface area contributed by atoms with Crippen LogP contribution in [0.3, 0.4) is 0 Å². The molecule has 18 heavy (non-hydrogen) atoms. The molecule has 96 valence electrons. The maximum atomic E-state index is 12.4. The number of thiophene rings is 1. The zero-order chi connectivity index (χ0) is 13.1. The summed E-state index contributed by atoms with van der Waals surface area (Å²) in [4.78, 5) is 13.1. The number of nitrogens with zero attached hydrogens (tertiary/aromatic N) is 2. The summed E-state index contributed by atoms with van der Waals surface area (Å²) in [6, 6.07) is 1.75. The highest BCUT2D eigenvalue weighted by Crippen LogP contribution is 2.26. The lowest BCUT2D eigenvalue weighted by molar-refractivity contribution is 0.103. The summed E-state index contributed by atoms with van der Waals surface area (Å²) < 4.78 is 7.56. The Morgan fingerprint density at radius 1 is 1.61 bits per heavy atom. The molecule has 0 N–H and O–H groups in total. The normalized spacial score (nSPS) is 10.6. The summed E-state index contributed by atoms with van der Waals surface area (Å²) in [6.45, 7) is 2.78. The molecule has 0 amide bonds. The summed E-state index contributed by atoms with van der Waals surface area (Å²) in [5.41, 5.74) is 0.598. The second-order valence-electron chi connectivity index (χ2n) is 3.74. The third-order valence-corrected chi connectivity index (χ3v) is 3.97. The molecule has 0 bridgehead atoms. The lowest BCUT2D eigenvalue weighted by Crippen LogP contribution is -2.11. The molecular weight excluding hydrogens is 316 g/mol. The van der Waals surface area contributed by atoms with Gasteiger partial charge >= 0.3 is 0 Å². The van der Waals surface area contributed by atoms with E-state index in [0.29, 0.717) is 16.3 Å². The van der Waals surface area contributed by atoms with Gasteiger partial charge in [-0.25, -0.2) is 0 Å². The highest BCUT2D eigenvalue weighted by molar-refractivity contribution is 9.10. The molecule has 2 rings (SSSR count). The average molecular weight is 329 g/mol. The monoisotopic (exact) mass is 328 g/mol. The van der Waals surface area contributed by atoms with Crippen LogP contribution >= 0.6 is 27.3 Å². The quantitative estimate of drug-likeness (QED) is 0.790. The number of rotatable bonds is 5. The number of methoxy groups -OCH3 is 1. The van der Waals surface area contributed by atoms with Crippen molar-refractivity contribution in [3.05, 3.63) is 32.7 Å². The lowest BCUT2D eigenvalue weighted by atomic mass is 10.2. The highest BCUT2D eigenvalue weighted by Gasteiger charge is 2.20. The summed E-state index contributed by atoms with van der Waals surface area (Å²) in [5, 5.41) is 6.02. The number of carbonyl (C=O) groups is 1. The lowest BCUT2D eigenvalue weighted by Gasteiger charge is -2.04. The van der Waals surface area contributed by atoms with Gasteiger partial charge in [0.15, 0.2) is 0 Å². The van der Waals surface area contributed by atoms with E-state index >= 15 is 0 Å². The molecule has 0 aromatic carbocycles. The zero-order valence-electron chi connectivity index (χ0n) is 10.1. The van der Waals surface area contributed by atoms with Gasteiger partial charge in [0.2, 0.25) is 5.78 Å². The van der Waals surface area contributed by atoms with Gasteiger partial charge < -0.3 is 4.74 Å². The average Bonchev–Trinajstić information content (AvgIpc) is 2.96. The van der Waals surface area contributed by atoms with Gasteiger partial charge in [-0.1, -0.05) is 6.92 Å². The molecule has 0 saturated heterocycles. The largest absolute Gasteiger partial charge is 0.496 e. The fourth-order valence-electron chi connectivity index (χ4n) is 1.63. The molecular formula is C12H13BrN2O2S. The number of hydrogen-bond donors (Lipinski definition) is 0. The minimum Gasteiger partial charge on any atom is -0.496 e. The molecule has 0 saturated carbocycles. The Labute approximate surface area is 118 Å². The topological polar surface area (TPSA) is 44.1 Å². The van der Waals surface area contributed by atoms with Gasteiger partial charge in [0.1, 0.15) is 11.4 Å². The van der Waals surface area contributed by atoms with Crippen LogP contribution < -0.4 is 4.74 Å². The highest BCUT2D eigenvalue weighted by atomic mass is 79.9. The maximum Gasteiger partial charge on any atom is 0.222 e. The molecule has 0 aliphatic heterocycles. The molecule has 2 aromatic rings. The number of carbonyl (C=O) groups excluding carboxylic acids is 1. The van der Waals surface area contributed by atoms with E-state index in [-0.39, 0.29) is 5.78 Å². The van der Waals surface area contributed by atoms with Crippen molar-refractivity contribution in [3.8, 4) is 5.75 Å². The molecule has 0 unspecified atom stereocenters. The van der Waals surface area contributed by atoms with Gasteiger partial charge in [0.05, 0.1) is 22.7 Å². The van der Waals surface area contributed by atoms with E-state index in [1.165, 1.54) is 11.3 Å². The van der Waals surface area contributed by atoms with E-state index in [0.717, 1.165) is 17.4 Å². The molecule has 0 atom stereocenters. The van der Waals surface area contributed by atoms with Gasteiger partial charge in [-0.3, -0.25) is 9.48 Å². The third kappa shape index (κ3) is 2.49. The Bertz CT molecular complexity index is 562. The van der Waals surface area contributed by atoms with Crippen LogP contribution in [0.1, 0.15) is 28.7 Å². The van der Waals surface area contributed by atoms with E-state index in [9.17, 15) is 4.79 Å². The van der Waals surface area contributed by atoms with E-state index in [2.05, 4.69) is 28.0 Å². The molecule has 0 fully saturated rings. The number of aryl methyl sites for hydroxylation is 1. The van der Waals surface area contributed by atoms with Gasteiger partial charge in [0, 0.05) is 18.0 Å². The van der Waals surface area contributed by atoms with Crippen LogP contribution in [0.15, 0.2) is 22.1 Å². The van der Waals surface area contributed by atoms with Crippen molar-refractivity contribution in [2.24, 2.45) is 0 Å². The van der Waals surface area contributed by atoms with Crippen LogP contribution in [0, 0.1) is 0 Å². The fourth-order valence-corrected chi connectivity index (χ4v) is 2.90. The molecule has 0 radical (unpaired) electrons. The fraction of sp³-hybridized carbons (Fsp3) is 0.333.